The predicted molar refractivity (Wildman–Crippen MR) is 105 cm³/mol. The van der Waals surface area contributed by atoms with Crippen LogP contribution in [-0.4, -0.2) is 48.0 Å². The Labute approximate surface area is 163 Å². The second kappa shape index (κ2) is 7.70. The van der Waals surface area contributed by atoms with Gasteiger partial charge in [-0.25, -0.2) is 4.79 Å². The molecule has 3 rings (SSSR count). The van der Waals surface area contributed by atoms with Gasteiger partial charge in [0.15, 0.2) is 0 Å². The zero-order valence-electron chi connectivity index (χ0n) is 17.3. The highest BCUT2D eigenvalue weighted by Gasteiger charge is 2.44. The van der Waals surface area contributed by atoms with E-state index in [1.54, 1.807) is 4.90 Å². The van der Waals surface area contributed by atoms with Crippen molar-refractivity contribution in [1.82, 2.24) is 4.90 Å². The van der Waals surface area contributed by atoms with Crippen LogP contribution in [0.5, 0.6) is 5.75 Å². The topological polar surface area (TPSA) is 48.0 Å². The van der Waals surface area contributed by atoms with E-state index in [0.29, 0.717) is 25.6 Å². The van der Waals surface area contributed by atoms with Crippen LogP contribution in [0.2, 0.25) is 0 Å². The fraction of sp³-hybridized carbons (Fsp3) is 0.682. The summed E-state index contributed by atoms with van der Waals surface area (Å²) >= 11 is 0. The average Bonchev–Trinajstić information content (AvgIpc) is 2.58. The summed E-state index contributed by atoms with van der Waals surface area (Å²) in [5.74, 6) is 1.29. The SMILES string of the molecule is CC(C)OC[C@@H]1CC2(CCN(C(=O)OC(C)(C)C)CC2)Oc2ccccc21. The van der Waals surface area contributed by atoms with Gasteiger partial charge in [0.25, 0.3) is 0 Å². The van der Waals surface area contributed by atoms with Crippen molar-refractivity contribution in [3.05, 3.63) is 29.8 Å². The van der Waals surface area contributed by atoms with Crippen molar-refractivity contribution >= 4 is 6.09 Å². The summed E-state index contributed by atoms with van der Waals surface area (Å²) in [5, 5.41) is 0. The number of carbonyl (C=O) groups excluding carboxylic acids is 1. The van der Waals surface area contributed by atoms with Crippen molar-refractivity contribution in [2.24, 2.45) is 0 Å². The van der Waals surface area contributed by atoms with Crippen molar-refractivity contribution < 1.29 is 19.0 Å². The summed E-state index contributed by atoms with van der Waals surface area (Å²) in [6.07, 6.45) is 2.55. The zero-order chi connectivity index (χ0) is 19.7. The van der Waals surface area contributed by atoms with E-state index < -0.39 is 5.60 Å². The van der Waals surface area contributed by atoms with Crippen LogP contribution in [0.15, 0.2) is 24.3 Å². The lowest BCUT2D eigenvalue weighted by Crippen LogP contribution is -2.52. The lowest BCUT2D eigenvalue weighted by atomic mass is 9.77. The minimum atomic E-state index is -0.466. The lowest BCUT2D eigenvalue weighted by Gasteiger charge is -2.47. The van der Waals surface area contributed by atoms with E-state index in [1.807, 2.05) is 26.8 Å². The van der Waals surface area contributed by atoms with E-state index in [0.717, 1.165) is 25.0 Å². The molecule has 1 fully saturated rings. The summed E-state index contributed by atoms with van der Waals surface area (Å²) in [7, 11) is 0. The summed E-state index contributed by atoms with van der Waals surface area (Å²) in [4.78, 5) is 14.2. The molecule has 2 heterocycles. The number of carbonyl (C=O) groups is 1. The van der Waals surface area contributed by atoms with Gasteiger partial charge in [0.2, 0.25) is 0 Å². The Morgan fingerprint density at radius 3 is 2.56 bits per heavy atom. The first kappa shape index (κ1) is 20.0. The Balaban J connectivity index is 1.69. The minimum Gasteiger partial charge on any atom is -0.487 e. The van der Waals surface area contributed by atoms with Crippen LogP contribution in [0.25, 0.3) is 0 Å². The van der Waals surface area contributed by atoms with Gasteiger partial charge in [0.1, 0.15) is 17.0 Å². The minimum absolute atomic E-state index is 0.213. The molecule has 1 aromatic rings. The molecule has 2 aliphatic heterocycles. The molecule has 0 bridgehead atoms. The van der Waals surface area contributed by atoms with E-state index in [1.165, 1.54) is 5.56 Å². The highest BCUT2D eigenvalue weighted by atomic mass is 16.6. The van der Waals surface area contributed by atoms with Crippen LogP contribution in [0, 0.1) is 0 Å². The molecule has 1 aromatic carbocycles. The fourth-order valence-corrected chi connectivity index (χ4v) is 3.93. The van der Waals surface area contributed by atoms with Gasteiger partial charge in [-0.1, -0.05) is 18.2 Å². The molecule has 0 aromatic heterocycles. The number of hydrogen-bond donors (Lipinski definition) is 0. The van der Waals surface area contributed by atoms with Gasteiger partial charge in [-0.2, -0.15) is 0 Å². The van der Waals surface area contributed by atoms with E-state index in [-0.39, 0.29) is 17.8 Å². The Kier molecular flexibility index (Phi) is 5.71. The van der Waals surface area contributed by atoms with Crippen LogP contribution >= 0.6 is 0 Å². The number of ether oxygens (including phenoxy) is 3. The Morgan fingerprint density at radius 2 is 1.93 bits per heavy atom. The van der Waals surface area contributed by atoms with Gasteiger partial charge >= 0.3 is 6.09 Å². The van der Waals surface area contributed by atoms with E-state index in [4.69, 9.17) is 14.2 Å². The van der Waals surface area contributed by atoms with Gasteiger partial charge in [-0.3, -0.25) is 0 Å². The second-order valence-electron chi connectivity index (χ2n) is 9.07. The van der Waals surface area contributed by atoms with Crippen molar-refractivity contribution in [2.75, 3.05) is 19.7 Å². The van der Waals surface area contributed by atoms with Gasteiger partial charge in [-0.05, 0) is 52.7 Å². The molecule has 1 spiro atoms. The molecule has 0 aliphatic carbocycles. The maximum Gasteiger partial charge on any atom is 0.410 e. The van der Waals surface area contributed by atoms with E-state index in [9.17, 15) is 4.79 Å². The molecule has 5 nitrogen and oxygen atoms in total. The molecule has 2 aliphatic rings. The molecular weight excluding hydrogens is 342 g/mol. The summed E-state index contributed by atoms with van der Waals surface area (Å²) in [6, 6.07) is 8.28. The number of nitrogens with zero attached hydrogens (tertiary/aromatic N) is 1. The number of benzene rings is 1. The molecule has 0 radical (unpaired) electrons. The zero-order valence-corrected chi connectivity index (χ0v) is 17.3. The third kappa shape index (κ3) is 4.95. The van der Waals surface area contributed by atoms with Gasteiger partial charge in [-0.15, -0.1) is 0 Å². The van der Waals surface area contributed by atoms with E-state index in [2.05, 4.69) is 32.0 Å². The van der Waals surface area contributed by atoms with Crippen LogP contribution in [0.3, 0.4) is 0 Å². The number of piperidine rings is 1. The van der Waals surface area contributed by atoms with Gasteiger partial charge in [0, 0.05) is 31.8 Å². The Morgan fingerprint density at radius 1 is 1.26 bits per heavy atom. The summed E-state index contributed by atoms with van der Waals surface area (Å²) in [6.45, 7) is 11.9. The monoisotopic (exact) mass is 375 g/mol. The first-order valence-electron chi connectivity index (χ1n) is 10.0. The molecule has 1 saturated heterocycles. The summed E-state index contributed by atoms with van der Waals surface area (Å²) < 4.78 is 18.0. The largest absolute Gasteiger partial charge is 0.487 e. The molecular formula is C22H33NO4. The first-order valence-corrected chi connectivity index (χ1v) is 10.0. The van der Waals surface area contributed by atoms with E-state index >= 15 is 0 Å². The fourth-order valence-electron chi connectivity index (χ4n) is 3.93. The number of likely N-dealkylation sites (tertiary alicyclic amines) is 1. The number of hydrogen-bond acceptors (Lipinski definition) is 4. The molecule has 5 heteroatoms. The Bertz CT molecular complexity index is 657. The third-order valence-corrected chi connectivity index (χ3v) is 5.26. The molecule has 1 atom stereocenters. The number of para-hydroxylation sites is 1. The first-order chi connectivity index (χ1) is 12.7. The van der Waals surface area contributed by atoms with Crippen molar-refractivity contribution in [1.29, 1.82) is 0 Å². The van der Waals surface area contributed by atoms with Gasteiger partial charge < -0.3 is 19.1 Å². The van der Waals surface area contributed by atoms with Crippen LogP contribution in [0.1, 0.15) is 65.4 Å². The van der Waals surface area contributed by atoms with Crippen molar-refractivity contribution in [3.63, 3.8) is 0 Å². The maximum absolute atomic E-state index is 12.4. The maximum atomic E-state index is 12.4. The highest BCUT2D eigenvalue weighted by molar-refractivity contribution is 5.68. The lowest BCUT2D eigenvalue weighted by molar-refractivity contribution is -0.0425. The summed E-state index contributed by atoms with van der Waals surface area (Å²) in [5.41, 5.74) is 0.544. The van der Waals surface area contributed by atoms with Gasteiger partial charge in [0.05, 0.1) is 12.7 Å². The number of rotatable bonds is 3. The molecule has 0 N–H and O–H groups in total. The Hall–Kier alpha value is -1.75. The smallest absolute Gasteiger partial charge is 0.410 e. The third-order valence-electron chi connectivity index (χ3n) is 5.26. The second-order valence-corrected chi connectivity index (χ2v) is 9.07. The molecule has 150 valence electrons. The molecule has 1 amide bonds. The van der Waals surface area contributed by atoms with Crippen LogP contribution in [0.4, 0.5) is 4.79 Å². The predicted octanol–water partition coefficient (Wildman–Crippen LogP) is 4.75. The van der Waals surface area contributed by atoms with Crippen LogP contribution in [-0.2, 0) is 9.47 Å². The molecule has 0 unspecified atom stereocenters. The van der Waals surface area contributed by atoms with Crippen LogP contribution < -0.4 is 4.74 Å². The highest BCUT2D eigenvalue weighted by Crippen LogP contribution is 2.45. The van der Waals surface area contributed by atoms with Crippen molar-refractivity contribution in [3.8, 4) is 5.75 Å². The normalized spacial score (nSPS) is 21.7. The molecule has 0 saturated carbocycles. The quantitative estimate of drug-likeness (QED) is 0.765. The average molecular weight is 376 g/mol. The number of fused-ring (bicyclic) bond motifs is 1. The standard InChI is InChI=1S/C22H33NO4/c1-16(2)25-15-17-14-22(26-19-9-7-6-8-18(17)19)10-12-23(13-11-22)20(24)27-21(3,4)5/h6-9,16-17H,10-15H2,1-5H3/t17-/m0/s1. The molecule has 27 heavy (non-hydrogen) atoms. The van der Waals surface area contributed by atoms with Crippen molar-refractivity contribution in [2.45, 2.75) is 77.1 Å². The number of amides is 1.